The van der Waals surface area contributed by atoms with Gasteiger partial charge in [0.1, 0.15) is 64.4 Å². The Bertz CT molecular complexity index is 4870. The zero-order chi connectivity index (χ0) is 63.1. The predicted octanol–water partition coefficient (Wildman–Crippen LogP) is 8.71. The number of non-ortho nitro benzene ring substituents is 1. The fourth-order valence-electron chi connectivity index (χ4n) is 7.67. The average molecular weight is 1300 g/mol. The van der Waals surface area contributed by atoms with Gasteiger partial charge in [-0.1, -0.05) is 6.07 Å². The first-order chi connectivity index (χ1) is 39.2. The molecule has 0 heterocycles. The summed E-state index contributed by atoms with van der Waals surface area (Å²) >= 11 is 0. The van der Waals surface area contributed by atoms with Crippen molar-refractivity contribution in [2.45, 2.75) is 44.7 Å². The van der Waals surface area contributed by atoms with E-state index in [1.807, 2.05) is 0 Å². The van der Waals surface area contributed by atoms with Gasteiger partial charge in [0.05, 0.1) is 45.4 Å². The number of hydrogen-bond acceptors (Lipinski definition) is 27. The van der Waals surface area contributed by atoms with E-state index in [0.29, 0.717) is 29.8 Å². The fraction of sp³-hybridized carbons (Fsp3) is 0.114. The zero-order valence-corrected chi connectivity index (χ0v) is 47.3. The van der Waals surface area contributed by atoms with Gasteiger partial charge in [0.25, 0.3) is 66.4 Å². The second-order valence-electron chi connectivity index (χ2n) is 17.3. The van der Waals surface area contributed by atoms with Gasteiger partial charge in [0.15, 0.2) is 11.5 Å². The molecule has 41 heteroatoms. The van der Waals surface area contributed by atoms with Crippen LogP contribution in [-0.2, 0) is 65.5 Å². The third kappa shape index (κ3) is 14.7. The minimum atomic E-state index is -5.67. The monoisotopic (exact) mass is 1300 g/mol. The van der Waals surface area contributed by atoms with Crippen LogP contribution >= 0.6 is 0 Å². The molecule has 11 N–H and O–H groups in total. The fourth-order valence-corrected chi connectivity index (χ4v) is 11.6. The van der Waals surface area contributed by atoms with Gasteiger partial charge in [-0.3, -0.25) is 42.2 Å². The maximum Gasteiger partial charge on any atom is 0.297 e. The normalized spacial score (nSPS) is 13.0. The number of ether oxygens (including phenoxy) is 1. The lowest BCUT2D eigenvalue weighted by Gasteiger charge is -2.14. The largest absolute Gasteiger partial charge is 0.505 e. The Hall–Kier alpha value is -9.01. The molecule has 35 nitrogen and oxygen atoms in total. The Morgan fingerprint density at radius 3 is 1.67 bits per heavy atom. The number of aryl methyl sites for hydroxylation is 1. The molecule has 7 rings (SSSR count). The van der Waals surface area contributed by atoms with Crippen LogP contribution in [0.2, 0.25) is 0 Å². The molecule has 0 aliphatic rings. The lowest BCUT2D eigenvalue weighted by Crippen LogP contribution is -2.11. The number of nitrogens with two attached hydrogens (primary N) is 1. The van der Waals surface area contributed by atoms with Gasteiger partial charge < -0.3 is 26.0 Å². The topological polar surface area (TPSA) is 573 Å². The summed E-state index contributed by atoms with van der Waals surface area (Å²) in [6.45, 7) is 2.40. The highest BCUT2D eigenvalue weighted by atomic mass is 32.2. The molecule has 85 heavy (non-hydrogen) atoms. The van der Waals surface area contributed by atoms with Crippen LogP contribution in [0, 0.1) is 17.0 Å². The number of nitrogens with zero attached hydrogens (tertiary/aromatic N) is 9. The number of azo groups is 4. The van der Waals surface area contributed by atoms with E-state index in [1.165, 1.54) is 26.0 Å². The number of amides is 1. The molecule has 0 aromatic heterocycles. The third-order valence-corrected chi connectivity index (χ3v) is 16.6. The summed E-state index contributed by atoms with van der Waals surface area (Å²) in [6.07, 6.45) is -0.183. The summed E-state index contributed by atoms with van der Waals surface area (Å²) in [4.78, 5) is 16.2. The number of nitrogens with one attached hydrogen (secondary N) is 1. The number of fused-ring (bicyclic) bond motifs is 2. The van der Waals surface area contributed by atoms with Crippen molar-refractivity contribution >= 4 is 151 Å². The molecule has 0 atom stereocenters. The molecule has 0 aliphatic heterocycles. The van der Waals surface area contributed by atoms with E-state index < -0.39 is 186 Å². The molecule has 0 fully saturated rings. The van der Waals surface area contributed by atoms with Crippen molar-refractivity contribution in [2.24, 2.45) is 40.9 Å². The molecule has 0 saturated carbocycles. The van der Waals surface area contributed by atoms with Gasteiger partial charge in [0, 0.05) is 41.3 Å². The molecular weight excluding hydrogens is 1260 g/mol. The zero-order valence-electron chi connectivity index (χ0n) is 42.4. The molecule has 0 radical (unpaired) electrons. The van der Waals surface area contributed by atoms with Crippen LogP contribution in [0.4, 0.5) is 62.6 Å². The Morgan fingerprint density at radius 2 is 1.09 bits per heavy atom. The summed E-state index contributed by atoms with van der Waals surface area (Å²) < 4.78 is 214. The first-order valence-electron chi connectivity index (χ1n) is 22.6. The number of aromatic hydroxyl groups is 2. The molecule has 0 spiro atoms. The van der Waals surface area contributed by atoms with Gasteiger partial charge >= 0.3 is 0 Å². The van der Waals surface area contributed by atoms with Gasteiger partial charge in [-0.15, -0.1) is 30.7 Å². The predicted molar refractivity (Wildman–Crippen MR) is 293 cm³/mol. The molecule has 448 valence electrons. The number of anilines is 2. The number of phenols is 2. The second kappa shape index (κ2) is 23.6. The van der Waals surface area contributed by atoms with Gasteiger partial charge in [0.2, 0.25) is 5.91 Å². The molecule has 0 saturated heterocycles. The quantitative estimate of drug-likeness (QED) is 0.00851. The van der Waals surface area contributed by atoms with Crippen LogP contribution in [0.15, 0.2) is 150 Å². The molecule has 7 aromatic carbocycles. The minimum Gasteiger partial charge on any atom is -0.505 e. The van der Waals surface area contributed by atoms with Gasteiger partial charge in [-0.25, -0.2) is 0 Å². The van der Waals surface area contributed by atoms with Crippen LogP contribution in [0.25, 0.3) is 21.5 Å². The summed E-state index contributed by atoms with van der Waals surface area (Å²) in [5.74, 6) is -3.59. The van der Waals surface area contributed by atoms with Gasteiger partial charge in [-0.05, 0) is 79.6 Å². The summed E-state index contributed by atoms with van der Waals surface area (Å²) in [5, 5.41) is 63.6. The molecule has 0 bridgehead atoms. The maximum atomic E-state index is 13.1. The van der Waals surface area contributed by atoms with E-state index in [0.717, 1.165) is 48.5 Å². The van der Waals surface area contributed by atoms with Crippen molar-refractivity contribution in [2.75, 3.05) is 23.4 Å². The van der Waals surface area contributed by atoms with Crippen molar-refractivity contribution in [1.29, 1.82) is 0 Å². The van der Waals surface area contributed by atoms with Crippen LogP contribution in [0.5, 0.6) is 17.2 Å². The number of phenolic OH excluding ortho intramolecular Hbond substituents is 2. The lowest BCUT2D eigenvalue weighted by atomic mass is 10.1. The van der Waals surface area contributed by atoms with Crippen molar-refractivity contribution in [3.63, 3.8) is 0 Å². The first kappa shape index (κ1) is 63.6. The van der Waals surface area contributed by atoms with Crippen molar-refractivity contribution in [3.8, 4) is 17.2 Å². The summed E-state index contributed by atoms with van der Waals surface area (Å²) in [7, 11) is -31.4. The number of hydrogen-bond donors (Lipinski definition) is 10. The van der Waals surface area contributed by atoms with Crippen molar-refractivity contribution in [1.82, 2.24) is 0 Å². The van der Waals surface area contributed by atoms with E-state index in [-0.39, 0.29) is 30.2 Å². The van der Waals surface area contributed by atoms with E-state index in [1.54, 1.807) is 0 Å². The molecule has 1 amide bonds. The van der Waals surface area contributed by atoms with E-state index >= 15 is 0 Å². The number of nitro groups is 1. The smallest absolute Gasteiger partial charge is 0.297 e. The highest BCUT2D eigenvalue weighted by molar-refractivity contribution is 7.87. The standard InChI is InChI=1S/C44H37N11O24S6/c1-20-14-32(46-21(2)56)34(79-12-3-13-80(61,62)63)18-31(20)52-49-27-8-4-22(15-36(27)82(67,68)69)47-54-41-38(84(73,74)75)17-26-24(42(41)57)6-11-30(44(26)85(76,77)78)51-53-33-19-35(81(64,65)66)25-7-10-29(43(58)39(25)40(33)45)50-48-28-9-5-23(55(59)60)16-37(28)83(70,71)72/h4-11,14-19,57-58H,3,12-13,45H2,1-2H3,(H,46,56)(H,61,62,63)(H,64,65,66)(H,67,68,69)(H,70,71,72)(H,73,74,75)(H,76,77,78). The number of nitrogen functional groups attached to an aromatic ring is 1. The number of carbonyl (C=O) groups excluding carboxylic acids is 1. The van der Waals surface area contributed by atoms with Crippen LogP contribution in [-0.4, -0.2) is 111 Å². The Balaban J connectivity index is 1.29. The van der Waals surface area contributed by atoms with Crippen LogP contribution in [0.3, 0.4) is 0 Å². The van der Waals surface area contributed by atoms with E-state index in [4.69, 9.17) is 15.0 Å². The number of rotatable bonds is 20. The summed E-state index contributed by atoms with van der Waals surface area (Å²) in [5.41, 5.74) is -0.157. The maximum absolute atomic E-state index is 13.1. The minimum absolute atomic E-state index is 0.0166. The Morgan fingerprint density at radius 1 is 0.565 bits per heavy atom. The molecular formula is C44H37N11O24S6. The van der Waals surface area contributed by atoms with Crippen LogP contribution in [0.1, 0.15) is 18.9 Å². The molecule has 0 unspecified atom stereocenters. The third-order valence-electron chi connectivity index (χ3n) is 11.3. The van der Waals surface area contributed by atoms with Crippen molar-refractivity contribution in [3.05, 3.63) is 101 Å². The van der Waals surface area contributed by atoms with Crippen LogP contribution < -0.4 is 15.8 Å². The Labute approximate surface area is 477 Å². The van der Waals surface area contributed by atoms with Crippen molar-refractivity contribution < 1.29 is 102 Å². The van der Waals surface area contributed by atoms with E-state index in [9.17, 15) is 98.4 Å². The molecule has 7 aromatic rings. The SMILES string of the molecule is CC(=O)Nc1cc(C)c(N=Nc2ccc(N=Nc3c(S(=O)(=O)O)cc4c(S(=O)(=O)O)c(N=Nc5cc(S(=O)(=O)O)c6ccc(N=Nc7ccc([N+](=O)[O-])cc7S(=O)(=O)O)c(O)c6c5N)ccc4c3O)cc2S(=O)(=O)O)cc1OCCCS(=O)(=O)O. The average Bonchev–Trinajstić information content (AvgIpc) is 1.10. The van der Waals surface area contributed by atoms with E-state index in [2.05, 4.69) is 46.2 Å². The second-order valence-corrected chi connectivity index (χ2v) is 25.8. The lowest BCUT2D eigenvalue weighted by molar-refractivity contribution is -0.385. The highest BCUT2D eigenvalue weighted by Crippen LogP contribution is 2.48. The molecule has 0 aliphatic carbocycles. The number of nitro benzene ring substituents is 1. The summed E-state index contributed by atoms with van der Waals surface area (Å²) in [6, 6.07) is 11.5. The van der Waals surface area contributed by atoms with Gasteiger partial charge in [-0.2, -0.15) is 60.7 Å². The Kier molecular flexibility index (Phi) is 17.6. The number of carbonyl (C=O) groups is 1. The first-order valence-corrected chi connectivity index (χ1v) is 31.4. The highest BCUT2D eigenvalue weighted by Gasteiger charge is 2.30. The number of benzene rings is 7.